The predicted molar refractivity (Wildman–Crippen MR) is 185 cm³/mol. The van der Waals surface area contributed by atoms with E-state index in [0.29, 0.717) is 8.51 Å². The number of aromatic nitrogens is 3. The van der Waals surface area contributed by atoms with Gasteiger partial charge in [0.2, 0.25) is 0 Å². The van der Waals surface area contributed by atoms with E-state index in [2.05, 4.69) is 160 Å². The molecule has 3 unspecified atom stereocenters. The zero-order valence-corrected chi connectivity index (χ0v) is 27.2. The minimum absolute atomic E-state index is 0.215. The van der Waals surface area contributed by atoms with E-state index in [1.54, 1.807) is 0 Å². The molecule has 1 fully saturated rings. The van der Waals surface area contributed by atoms with Gasteiger partial charge in [0.15, 0.2) is 0 Å². The molecule has 218 valence electrons. The van der Waals surface area contributed by atoms with Crippen LogP contribution in [0.4, 0.5) is 0 Å². The van der Waals surface area contributed by atoms with Crippen molar-refractivity contribution in [1.82, 2.24) is 13.3 Å². The van der Waals surface area contributed by atoms with E-state index < -0.39 is 5.41 Å². The molecule has 1 heterocycles. The van der Waals surface area contributed by atoms with E-state index >= 15 is 0 Å². The standard InChI is InChI=1S/C36H38N3OP3/c1-3-25-34(26-4-2)27-35(29-17-9-5-10-18-29,30-19-11-6-12-20-30)28-36(31-21-13-7-14-22-31,32-23-15-8-16-24-32)33(34)40-39-42-37-41-38-43-39/h3-24,33,42-43H,1-2,25-28H2,(H,37,38). The lowest BCUT2D eigenvalue weighted by Gasteiger charge is -2.61. The van der Waals surface area contributed by atoms with E-state index in [4.69, 9.17) is 4.84 Å². The summed E-state index contributed by atoms with van der Waals surface area (Å²) in [4.78, 5) is 7.35. The highest BCUT2D eigenvalue weighted by molar-refractivity contribution is 7.44. The average Bonchev–Trinajstić information content (AvgIpc) is 3.08. The topological polar surface area (TPSA) is 42.8 Å². The van der Waals surface area contributed by atoms with Crippen LogP contribution in [0.25, 0.3) is 0 Å². The first-order chi connectivity index (χ1) is 21.2. The van der Waals surface area contributed by atoms with E-state index in [9.17, 15) is 0 Å². The van der Waals surface area contributed by atoms with Crippen LogP contribution in [0.2, 0.25) is 0 Å². The molecule has 6 rings (SSSR count). The van der Waals surface area contributed by atoms with Gasteiger partial charge in [-0.3, -0.25) is 9.35 Å². The molecule has 1 saturated carbocycles. The van der Waals surface area contributed by atoms with Crippen molar-refractivity contribution in [2.75, 3.05) is 0 Å². The summed E-state index contributed by atoms with van der Waals surface area (Å²) in [5.41, 5.74) is 4.01. The van der Waals surface area contributed by atoms with E-state index in [1.165, 1.54) is 22.3 Å². The van der Waals surface area contributed by atoms with Gasteiger partial charge < -0.3 is 0 Å². The Morgan fingerprint density at radius 1 is 0.744 bits per heavy atom. The zero-order valence-electron chi connectivity index (χ0n) is 24.3. The lowest BCUT2D eigenvalue weighted by atomic mass is 9.44. The normalized spacial score (nSPS) is 18.9. The SMILES string of the molecule is C=CCC1(CC=C)CC(c2ccccc2)(c2ccccc2)CC(c2ccccc2)(c2ccccc2)C1On1[pH]np[nH][pH]1. The number of hydrogen-bond acceptors (Lipinski definition) is 2. The number of benzene rings is 4. The summed E-state index contributed by atoms with van der Waals surface area (Å²) in [6.07, 6.45) is 7.27. The fraction of sp³-hybridized carbons (Fsp3) is 0.222. The number of nitrogens with zero attached hydrogens (tertiary/aromatic N) is 2. The highest BCUT2D eigenvalue weighted by Crippen LogP contribution is 2.63. The van der Waals surface area contributed by atoms with Crippen molar-refractivity contribution < 1.29 is 4.84 Å². The summed E-state index contributed by atoms with van der Waals surface area (Å²) in [6, 6.07) is 44.3. The van der Waals surface area contributed by atoms with Crippen molar-refractivity contribution in [1.29, 1.82) is 0 Å². The highest BCUT2D eigenvalue weighted by Gasteiger charge is 2.63. The van der Waals surface area contributed by atoms with Gasteiger partial charge in [-0.2, -0.15) is 8.76 Å². The summed E-state index contributed by atoms with van der Waals surface area (Å²) in [6.45, 7) is 8.64. The maximum absolute atomic E-state index is 7.35. The first-order valence-corrected chi connectivity index (χ1v) is 17.4. The van der Waals surface area contributed by atoms with Gasteiger partial charge in [0.25, 0.3) is 0 Å². The van der Waals surface area contributed by atoms with Crippen molar-refractivity contribution in [2.24, 2.45) is 5.41 Å². The third-order valence-electron chi connectivity index (χ3n) is 9.17. The number of rotatable bonds is 10. The fourth-order valence-electron chi connectivity index (χ4n) is 7.64. The number of hydrogen-bond donors (Lipinski definition) is 1. The van der Waals surface area contributed by atoms with Crippen molar-refractivity contribution in [3.63, 3.8) is 0 Å². The molecule has 7 heteroatoms. The van der Waals surface area contributed by atoms with Gasteiger partial charge in [-0.15, -0.1) is 13.2 Å². The highest BCUT2D eigenvalue weighted by atomic mass is 31.1. The third-order valence-corrected chi connectivity index (χ3v) is 12.0. The molecule has 1 aromatic heterocycles. The predicted octanol–water partition coefficient (Wildman–Crippen LogP) is 9.68. The number of nitrogens with one attached hydrogen (secondary N) is 1. The summed E-state index contributed by atoms with van der Waals surface area (Å²) in [7, 11) is 1.49. The molecule has 1 aliphatic rings. The molecular weight excluding hydrogens is 583 g/mol. The Balaban J connectivity index is 1.76. The minimum Gasteiger partial charge on any atom is -0.300 e. The Morgan fingerprint density at radius 3 is 1.63 bits per heavy atom. The van der Waals surface area contributed by atoms with Crippen molar-refractivity contribution in [3.8, 4) is 0 Å². The van der Waals surface area contributed by atoms with Crippen LogP contribution < -0.4 is 4.84 Å². The smallest absolute Gasteiger partial charge is 0.138 e. The van der Waals surface area contributed by atoms with Crippen molar-refractivity contribution >= 4 is 25.5 Å². The Hall–Kier alpha value is -3.38. The Bertz CT molecular complexity index is 1550. The molecular formula is C36H38N3OP3. The van der Waals surface area contributed by atoms with Crippen LogP contribution in [0.5, 0.6) is 0 Å². The lowest BCUT2D eigenvalue weighted by molar-refractivity contribution is -0.107. The molecule has 0 spiro atoms. The molecule has 0 amide bonds. The summed E-state index contributed by atoms with van der Waals surface area (Å²) < 4.78 is 10.1. The molecule has 0 aliphatic heterocycles. The second-order valence-corrected chi connectivity index (χ2v) is 15.1. The molecule has 3 atom stereocenters. The van der Waals surface area contributed by atoms with E-state index in [0.717, 1.165) is 34.2 Å². The third kappa shape index (κ3) is 5.55. The molecule has 1 aliphatic carbocycles. The number of H-pyrrole nitrogens is 1. The van der Waals surface area contributed by atoms with E-state index in [1.807, 2.05) is 0 Å². The van der Waals surface area contributed by atoms with Gasteiger partial charge in [-0.25, -0.2) is 0 Å². The molecule has 4 nitrogen and oxygen atoms in total. The van der Waals surface area contributed by atoms with Crippen molar-refractivity contribution in [2.45, 2.75) is 42.6 Å². The summed E-state index contributed by atoms with van der Waals surface area (Å²) >= 11 is 0. The van der Waals surface area contributed by atoms with Crippen LogP contribution in [0.1, 0.15) is 47.9 Å². The first-order valence-electron chi connectivity index (χ1n) is 14.7. The largest absolute Gasteiger partial charge is 0.300 e. The molecule has 0 saturated heterocycles. The average molecular weight is 622 g/mol. The van der Waals surface area contributed by atoms with Gasteiger partial charge in [0.05, 0.1) is 13.9 Å². The van der Waals surface area contributed by atoms with Crippen LogP contribution in [-0.2, 0) is 10.8 Å². The molecule has 0 bridgehead atoms. The summed E-state index contributed by atoms with van der Waals surface area (Å²) in [5.74, 6) is 0. The number of allylic oxidation sites excluding steroid dienone is 2. The quantitative estimate of drug-likeness (QED) is 0.158. The van der Waals surface area contributed by atoms with Gasteiger partial charge in [-0.1, -0.05) is 133 Å². The van der Waals surface area contributed by atoms with Crippen molar-refractivity contribution in [3.05, 3.63) is 169 Å². The summed E-state index contributed by atoms with van der Waals surface area (Å²) in [5, 5.41) is 0. The van der Waals surface area contributed by atoms with Gasteiger partial charge in [0, 0.05) is 19.3 Å². The first kappa shape index (κ1) is 29.7. The Labute approximate surface area is 259 Å². The van der Waals surface area contributed by atoms with Gasteiger partial charge in [0.1, 0.15) is 14.6 Å². The van der Waals surface area contributed by atoms with Gasteiger partial charge in [-0.05, 0) is 47.9 Å². The maximum Gasteiger partial charge on any atom is 0.138 e. The monoisotopic (exact) mass is 621 g/mol. The Morgan fingerprint density at radius 2 is 1.21 bits per heavy atom. The van der Waals surface area contributed by atoms with Crippen LogP contribution in [0, 0.1) is 5.41 Å². The minimum atomic E-state index is -0.511. The molecule has 4 aromatic carbocycles. The molecule has 43 heavy (non-hydrogen) atoms. The zero-order chi connectivity index (χ0) is 29.6. The molecule has 0 radical (unpaired) electrons. The van der Waals surface area contributed by atoms with Gasteiger partial charge >= 0.3 is 0 Å². The molecule has 5 aromatic rings. The van der Waals surface area contributed by atoms with Crippen LogP contribution >= 0.6 is 25.5 Å². The second-order valence-electron chi connectivity index (χ2n) is 11.5. The Kier molecular flexibility index (Phi) is 9.03. The second kappa shape index (κ2) is 13.1. The van der Waals surface area contributed by atoms with E-state index in [-0.39, 0.29) is 25.4 Å². The van der Waals surface area contributed by atoms with Crippen LogP contribution in [-0.4, -0.2) is 19.4 Å². The van der Waals surface area contributed by atoms with Crippen LogP contribution in [0.3, 0.4) is 0 Å². The van der Waals surface area contributed by atoms with Crippen LogP contribution in [0.15, 0.2) is 147 Å². The maximum atomic E-state index is 7.35. The number of aromatic amines is 1. The fourth-order valence-corrected chi connectivity index (χ4v) is 10.7. The molecule has 1 N–H and O–H groups in total. The lowest BCUT2D eigenvalue weighted by Crippen LogP contribution is -2.64.